The maximum atomic E-state index is 12.7. The van der Waals surface area contributed by atoms with Crippen LogP contribution in [0.3, 0.4) is 0 Å². The number of rotatable bonds is 5. The highest BCUT2D eigenvalue weighted by atomic mass is 16.1. The van der Waals surface area contributed by atoms with Crippen molar-refractivity contribution in [2.24, 2.45) is 5.73 Å². The standard InChI is InChI=1S/C28H31N3O/c1-19(2)30-16-14-21(15-17-30)27-26(28(29)32)24-12-5-6-13-25(24)31(27)18-22-10-7-9-20-8-3-4-11-23(20)22/h3-13,19,21H,14-18H2,1-2H3,(H2,29,32). The van der Waals surface area contributed by atoms with Gasteiger partial charge in [0.05, 0.1) is 5.56 Å². The molecule has 0 atom stereocenters. The Bertz CT molecular complexity index is 1270. The van der Waals surface area contributed by atoms with Gasteiger partial charge < -0.3 is 15.2 Å². The topological polar surface area (TPSA) is 51.3 Å². The predicted molar refractivity (Wildman–Crippen MR) is 132 cm³/mol. The lowest BCUT2D eigenvalue weighted by Gasteiger charge is -2.35. The maximum absolute atomic E-state index is 12.7. The summed E-state index contributed by atoms with van der Waals surface area (Å²) in [5, 5.41) is 3.47. The van der Waals surface area contributed by atoms with E-state index in [1.54, 1.807) is 0 Å². The first-order valence-corrected chi connectivity index (χ1v) is 11.7. The van der Waals surface area contributed by atoms with E-state index in [2.05, 4.69) is 77.9 Å². The quantitative estimate of drug-likeness (QED) is 0.457. The maximum Gasteiger partial charge on any atom is 0.251 e. The fourth-order valence-electron chi connectivity index (χ4n) is 5.47. The summed E-state index contributed by atoms with van der Waals surface area (Å²) < 4.78 is 2.37. The molecule has 4 aromatic rings. The van der Waals surface area contributed by atoms with Gasteiger partial charge in [-0.05, 0) is 62.2 Å². The van der Waals surface area contributed by atoms with Crippen molar-refractivity contribution in [3.05, 3.63) is 83.6 Å². The number of benzene rings is 3. The van der Waals surface area contributed by atoms with Crippen molar-refractivity contribution in [1.29, 1.82) is 0 Å². The third-order valence-corrected chi connectivity index (χ3v) is 7.11. The number of primary amides is 1. The van der Waals surface area contributed by atoms with Crippen LogP contribution in [0.4, 0.5) is 0 Å². The summed E-state index contributed by atoms with van der Waals surface area (Å²) in [5.41, 5.74) is 10.2. The molecule has 1 aromatic heterocycles. The summed E-state index contributed by atoms with van der Waals surface area (Å²) in [6.45, 7) is 7.35. The second kappa shape index (κ2) is 8.44. The number of hydrogen-bond acceptors (Lipinski definition) is 2. The Hall–Kier alpha value is -3.11. The molecule has 2 N–H and O–H groups in total. The van der Waals surface area contributed by atoms with E-state index in [0.29, 0.717) is 17.5 Å². The number of likely N-dealkylation sites (tertiary alicyclic amines) is 1. The van der Waals surface area contributed by atoms with E-state index >= 15 is 0 Å². The van der Waals surface area contributed by atoms with Crippen LogP contribution < -0.4 is 5.73 Å². The molecule has 0 spiro atoms. The number of hydrogen-bond donors (Lipinski definition) is 1. The monoisotopic (exact) mass is 425 g/mol. The van der Waals surface area contributed by atoms with Gasteiger partial charge in [0.25, 0.3) is 5.91 Å². The van der Waals surface area contributed by atoms with Gasteiger partial charge in [-0.15, -0.1) is 0 Å². The second-order valence-electron chi connectivity index (χ2n) is 9.27. The molecule has 1 fully saturated rings. The summed E-state index contributed by atoms with van der Waals surface area (Å²) in [7, 11) is 0. The number of nitrogens with two attached hydrogens (primary N) is 1. The van der Waals surface area contributed by atoms with Gasteiger partial charge in [-0.1, -0.05) is 60.7 Å². The van der Waals surface area contributed by atoms with Crippen LogP contribution in [-0.4, -0.2) is 34.5 Å². The molecule has 1 saturated heterocycles. The van der Waals surface area contributed by atoms with Crippen LogP contribution >= 0.6 is 0 Å². The van der Waals surface area contributed by atoms with Gasteiger partial charge in [-0.2, -0.15) is 0 Å². The fraction of sp³-hybridized carbons (Fsp3) is 0.321. The minimum atomic E-state index is -0.320. The van der Waals surface area contributed by atoms with Crippen molar-refractivity contribution < 1.29 is 4.79 Å². The molecule has 32 heavy (non-hydrogen) atoms. The number of amides is 1. The van der Waals surface area contributed by atoms with E-state index in [0.717, 1.165) is 49.1 Å². The molecule has 0 unspecified atom stereocenters. The molecule has 164 valence electrons. The molecule has 0 radical (unpaired) electrons. The predicted octanol–water partition coefficient (Wildman–Crippen LogP) is 5.53. The van der Waals surface area contributed by atoms with E-state index in [1.807, 2.05) is 12.1 Å². The molecule has 4 heteroatoms. The van der Waals surface area contributed by atoms with Gasteiger partial charge in [0.15, 0.2) is 0 Å². The third kappa shape index (κ3) is 3.59. The number of para-hydroxylation sites is 1. The Morgan fingerprint density at radius 1 is 0.938 bits per heavy atom. The first-order chi connectivity index (χ1) is 15.5. The summed E-state index contributed by atoms with van der Waals surface area (Å²) in [5.74, 6) is 0.00837. The molecule has 1 aliphatic heterocycles. The van der Waals surface area contributed by atoms with Crippen LogP contribution in [0.5, 0.6) is 0 Å². The number of fused-ring (bicyclic) bond motifs is 2. The summed E-state index contributed by atoms with van der Waals surface area (Å²) in [6, 6.07) is 23.8. The molecular weight excluding hydrogens is 394 g/mol. The van der Waals surface area contributed by atoms with Gasteiger partial charge in [-0.25, -0.2) is 0 Å². The highest BCUT2D eigenvalue weighted by Crippen LogP contribution is 2.37. The molecule has 4 nitrogen and oxygen atoms in total. The molecular formula is C28H31N3O. The van der Waals surface area contributed by atoms with Gasteiger partial charge in [0.1, 0.15) is 0 Å². The molecule has 0 aliphatic carbocycles. The van der Waals surface area contributed by atoms with Crippen LogP contribution in [0, 0.1) is 0 Å². The Labute approximate surface area is 189 Å². The molecule has 3 aromatic carbocycles. The van der Waals surface area contributed by atoms with Gasteiger partial charge in [0, 0.05) is 35.1 Å². The van der Waals surface area contributed by atoms with Crippen molar-refractivity contribution in [1.82, 2.24) is 9.47 Å². The Morgan fingerprint density at radius 2 is 1.59 bits per heavy atom. The van der Waals surface area contributed by atoms with Crippen LogP contribution in [-0.2, 0) is 6.54 Å². The van der Waals surface area contributed by atoms with Gasteiger partial charge >= 0.3 is 0 Å². The highest BCUT2D eigenvalue weighted by Gasteiger charge is 2.30. The van der Waals surface area contributed by atoms with Crippen molar-refractivity contribution in [2.45, 2.75) is 45.2 Å². The van der Waals surface area contributed by atoms with E-state index in [4.69, 9.17) is 5.73 Å². The van der Waals surface area contributed by atoms with E-state index in [1.165, 1.54) is 16.3 Å². The summed E-state index contributed by atoms with van der Waals surface area (Å²) >= 11 is 0. The van der Waals surface area contributed by atoms with E-state index in [-0.39, 0.29) is 5.91 Å². The van der Waals surface area contributed by atoms with E-state index in [9.17, 15) is 4.79 Å². The van der Waals surface area contributed by atoms with Crippen molar-refractivity contribution in [3.63, 3.8) is 0 Å². The Morgan fingerprint density at radius 3 is 2.31 bits per heavy atom. The molecule has 5 rings (SSSR count). The Balaban J connectivity index is 1.66. The number of piperidine rings is 1. The van der Waals surface area contributed by atoms with Gasteiger partial charge in [0.2, 0.25) is 0 Å². The first kappa shape index (κ1) is 20.8. The lowest BCUT2D eigenvalue weighted by atomic mass is 9.89. The smallest absolute Gasteiger partial charge is 0.251 e. The zero-order valence-corrected chi connectivity index (χ0v) is 18.9. The summed E-state index contributed by atoms with van der Waals surface area (Å²) in [4.78, 5) is 15.3. The average Bonchev–Trinajstić information content (AvgIpc) is 3.14. The zero-order chi connectivity index (χ0) is 22.2. The van der Waals surface area contributed by atoms with Crippen molar-refractivity contribution >= 4 is 27.6 Å². The normalized spacial score (nSPS) is 15.7. The fourth-order valence-corrected chi connectivity index (χ4v) is 5.47. The first-order valence-electron chi connectivity index (χ1n) is 11.7. The second-order valence-corrected chi connectivity index (χ2v) is 9.27. The van der Waals surface area contributed by atoms with Crippen LogP contribution in [0.2, 0.25) is 0 Å². The SMILES string of the molecule is CC(C)N1CCC(c2c(C(N)=O)c3ccccc3n2Cc2cccc3ccccc23)CC1. The third-order valence-electron chi connectivity index (χ3n) is 7.11. The Kier molecular flexibility index (Phi) is 5.48. The van der Waals surface area contributed by atoms with Crippen LogP contribution in [0.25, 0.3) is 21.7 Å². The van der Waals surface area contributed by atoms with Crippen LogP contribution in [0.1, 0.15) is 54.2 Å². The van der Waals surface area contributed by atoms with E-state index < -0.39 is 0 Å². The largest absolute Gasteiger partial charge is 0.366 e. The lowest BCUT2D eigenvalue weighted by molar-refractivity contribution is 0.0998. The number of aromatic nitrogens is 1. The molecule has 0 saturated carbocycles. The van der Waals surface area contributed by atoms with Gasteiger partial charge in [-0.3, -0.25) is 4.79 Å². The minimum absolute atomic E-state index is 0.320. The van der Waals surface area contributed by atoms with Crippen molar-refractivity contribution in [3.8, 4) is 0 Å². The average molecular weight is 426 g/mol. The molecule has 0 bridgehead atoms. The number of nitrogens with zero attached hydrogens (tertiary/aromatic N) is 2. The number of carbonyl (C=O) groups is 1. The van der Waals surface area contributed by atoms with Crippen molar-refractivity contribution in [2.75, 3.05) is 13.1 Å². The lowest BCUT2D eigenvalue weighted by Crippen LogP contribution is -2.38. The van der Waals surface area contributed by atoms with Crippen LogP contribution in [0.15, 0.2) is 66.7 Å². The molecule has 1 amide bonds. The minimum Gasteiger partial charge on any atom is -0.366 e. The summed E-state index contributed by atoms with van der Waals surface area (Å²) in [6.07, 6.45) is 2.09. The molecule has 1 aliphatic rings. The number of carbonyl (C=O) groups excluding carboxylic acids is 1. The molecule has 2 heterocycles. The highest BCUT2D eigenvalue weighted by molar-refractivity contribution is 6.08. The zero-order valence-electron chi connectivity index (χ0n) is 18.9.